The fourth-order valence-electron chi connectivity index (χ4n) is 13.2. The van der Waals surface area contributed by atoms with E-state index >= 15 is 28.8 Å². The first-order chi connectivity index (χ1) is 51.6. The highest BCUT2D eigenvalue weighted by Gasteiger charge is 2.47. The number of ether oxygens (including phenoxy) is 1. The van der Waals surface area contributed by atoms with Crippen LogP contribution in [-0.2, 0) is 94.4 Å². The lowest BCUT2D eigenvalue weighted by Gasteiger charge is -2.42. The molecule has 33 heteroatoms. The van der Waals surface area contributed by atoms with E-state index in [9.17, 15) is 49.2 Å². The quantitative estimate of drug-likeness (QED) is 0.0346. The molecule has 3 saturated heterocycles. The zero-order valence-corrected chi connectivity index (χ0v) is 61.0. The van der Waals surface area contributed by atoms with Gasteiger partial charge < -0.3 is 94.7 Å². The molecule has 0 spiro atoms. The summed E-state index contributed by atoms with van der Waals surface area (Å²) in [4.78, 5) is 178. The van der Waals surface area contributed by atoms with Gasteiger partial charge in [-0.1, -0.05) is 136 Å². The number of aliphatic hydroxyl groups excluding tert-OH is 3. The second kappa shape index (κ2) is 39.7. The van der Waals surface area contributed by atoms with E-state index in [-0.39, 0.29) is 81.8 Å². The van der Waals surface area contributed by atoms with Crippen LogP contribution < -0.4 is 64.6 Å². The number of phenols is 1. The fourth-order valence-corrected chi connectivity index (χ4v) is 13.2. The third-order valence-corrected chi connectivity index (χ3v) is 18.9. The number of carbonyl (C=O) groups excluding carboxylic acids is 12. The Morgan fingerprint density at radius 2 is 1.01 bits per heavy atom. The number of nitrogens with zero attached hydrogens (tertiary/aromatic N) is 4. The van der Waals surface area contributed by atoms with Crippen LogP contribution in [0, 0.1) is 11.8 Å². The number of nitrogens with two attached hydrogens (primary N) is 2. The molecule has 12 amide bonds. The summed E-state index contributed by atoms with van der Waals surface area (Å²) in [5.41, 5.74) is 13.6. The minimum absolute atomic E-state index is 0.0410. The summed E-state index contributed by atoms with van der Waals surface area (Å²) in [7, 11) is 0. The van der Waals surface area contributed by atoms with E-state index in [1.54, 1.807) is 105 Å². The average molecular weight is 1500 g/mol. The SMILES string of the molecule is CC(=O)N[C@@H]1[C@@H](O)[C@H](O)[C@@H](CO)O[C@H]1n1cc(C[C@@H]2NC(=O)[C@@H](Cc3ccccc3)NC(=O)[C@H](Cc3ccccc3)NC(=O)[C@@H]3CCCN3C(=O)[C@@H](Cc3ccccc3)NC(=O)[C@H](CC(C)C)NC(=O)[C@H](CCCN)NC(=O)[C@H](C(C)C)NC(=O)[C@H](Cc3ccc(O)cc3)NC(=O)[C@H](CCC(N)=O)NC2=O)nn1. The number of amides is 12. The number of hydrogen-bond acceptors (Lipinski definition) is 20. The predicted molar refractivity (Wildman–Crippen MR) is 390 cm³/mol. The average Bonchev–Trinajstić information content (AvgIpc) is 1.18. The van der Waals surface area contributed by atoms with Crippen LogP contribution in [0.15, 0.2) is 121 Å². The van der Waals surface area contributed by atoms with E-state index in [0.29, 0.717) is 28.7 Å². The van der Waals surface area contributed by atoms with Crippen LogP contribution in [0.1, 0.15) is 114 Å². The molecule has 0 unspecified atom stereocenters. The summed E-state index contributed by atoms with van der Waals surface area (Å²) in [5.74, 6) is -11.7. The fraction of sp³-hybridized carbons (Fsp3) is 0.493. The molecule has 5 aromatic rings. The smallest absolute Gasteiger partial charge is 0.246 e. The van der Waals surface area contributed by atoms with Crippen LogP contribution in [0.3, 0.4) is 0 Å². The van der Waals surface area contributed by atoms with E-state index in [4.69, 9.17) is 16.2 Å². The van der Waals surface area contributed by atoms with Gasteiger partial charge in [-0.3, -0.25) is 57.5 Å². The monoisotopic (exact) mass is 1500 g/mol. The molecule has 3 fully saturated rings. The van der Waals surface area contributed by atoms with Crippen molar-refractivity contribution >= 4 is 70.9 Å². The molecule has 582 valence electrons. The van der Waals surface area contributed by atoms with Crippen LogP contribution in [0.2, 0.25) is 0 Å². The van der Waals surface area contributed by atoms with Gasteiger partial charge in [-0.2, -0.15) is 0 Å². The second-order valence-electron chi connectivity index (χ2n) is 28.3. The predicted octanol–water partition coefficient (Wildman–Crippen LogP) is -2.31. The largest absolute Gasteiger partial charge is 0.508 e. The van der Waals surface area contributed by atoms with Gasteiger partial charge >= 0.3 is 0 Å². The number of carbonyl (C=O) groups is 12. The number of hydrogen-bond donors (Lipinski definition) is 16. The van der Waals surface area contributed by atoms with Crippen LogP contribution in [0.5, 0.6) is 5.75 Å². The molecule has 4 aromatic carbocycles. The minimum atomic E-state index is -1.85. The van der Waals surface area contributed by atoms with Gasteiger partial charge in [-0.25, -0.2) is 4.68 Å². The van der Waals surface area contributed by atoms with Gasteiger partial charge in [-0.05, 0) is 91.3 Å². The summed E-state index contributed by atoms with van der Waals surface area (Å²) in [6.45, 7) is 7.29. The molecule has 0 bridgehead atoms. The number of phenolic OH excluding ortho intramolecular Hbond substituents is 1. The molecule has 18 N–H and O–H groups in total. The Labute approximate surface area is 624 Å². The van der Waals surface area contributed by atoms with Gasteiger partial charge in [0, 0.05) is 52.0 Å². The molecule has 4 heterocycles. The summed E-state index contributed by atoms with van der Waals surface area (Å²) < 4.78 is 6.96. The van der Waals surface area contributed by atoms with Crippen molar-refractivity contribution < 1.29 is 82.7 Å². The second-order valence-corrected chi connectivity index (χ2v) is 28.3. The maximum absolute atomic E-state index is 15.5. The van der Waals surface area contributed by atoms with E-state index in [1.165, 1.54) is 35.4 Å². The molecule has 0 saturated carbocycles. The molecular weight excluding hydrogens is 1400 g/mol. The molecule has 8 rings (SSSR count). The molecule has 33 nitrogen and oxygen atoms in total. The number of benzene rings is 4. The zero-order chi connectivity index (χ0) is 78.3. The van der Waals surface area contributed by atoms with Crippen LogP contribution in [0.25, 0.3) is 0 Å². The lowest BCUT2D eigenvalue weighted by atomic mass is 9.96. The van der Waals surface area contributed by atoms with E-state index in [0.717, 1.165) is 11.6 Å². The van der Waals surface area contributed by atoms with Gasteiger partial charge in [-0.15, -0.1) is 5.10 Å². The zero-order valence-electron chi connectivity index (χ0n) is 61.0. The van der Waals surface area contributed by atoms with Gasteiger partial charge in [0.1, 0.15) is 90.5 Å². The van der Waals surface area contributed by atoms with E-state index in [1.807, 2.05) is 13.8 Å². The Kier molecular flexibility index (Phi) is 30.5. The standard InChI is InChI=1S/C75H100N16O17/c1-41(2)33-52-67(100)86-57(37-46-21-13-8-14-22-46)74(107)90-32-16-24-58(90)72(105)85-54(35-45-19-11-7-12-20-45)69(102)83-53(34-44-17-9-6-10-18-44)68(101)84-56(38-48-39-91(89-88-48)75-62(78-43(5)93)64(97)63(96)59(40-92)108-75)70(103)79-51(29-30-60(77)95)66(99)82-55(36-47-25-27-49(94)28-26-47)71(104)87-61(42(3)4)73(106)80-50(23-15-31-76)65(98)81-52/h6-14,17-22,25-28,39,41-42,50-59,61-64,75,92,94,96-97H,15-16,23-24,29-38,40,76H2,1-5H3,(H2,77,95)(H,78,93)(H,79,103)(H,80,106)(H,81,98)(H,82,99)(H,83,102)(H,84,101)(H,85,105)(H,86,100)(H,87,104)/t50-,51-,52-,53+,54-,55-,56-,57+,58-,59+,61-,62+,63+,64+,75+/m0/s1. The molecule has 108 heavy (non-hydrogen) atoms. The first kappa shape index (κ1) is 82.9. The van der Waals surface area contributed by atoms with Crippen molar-refractivity contribution in [2.75, 3.05) is 19.7 Å². The number of primary amides is 1. The Balaban J connectivity index is 1.25. The maximum atomic E-state index is 15.5. The molecular formula is C75H100N16O17. The van der Waals surface area contributed by atoms with Gasteiger partial charge in [0.25, 0.3) is 0 Å². The van der Waals surface area contributed by atoms with Crippen molar-refractivity contribution in [3.63, 3.8) is 0 Å². The number of aliphatic hydroxyl groups is 3. The Hall–Kier alpha value is -10.7. The lowest BCUT2D eigenvalue weighted by Crippen LogP contribution is -2.62. The summed E-state index contributed by atoms with van der Waals surface area (Å²) in [6, 6.07) is 14.9. The van der Waals surface area contributed by atoms with Crippen molar-refractivity contribution in [3.05, 3.63) is 149 Å². The van der Waals surface area contributed by atoms with Crippen molar-refractivity contribution in [3.8, 4) is 5.75 Å². The molecule has 0 aliphatic carbocycles. The summed E-state index contributed by atoms with van der Waals surface area (Å²) in [5, 5.41) is 78.1. The molecule has 1 aromatic heterocycles. The number of fused-ring (bicyclic) bond motifs is 1. The maximum Gasteiger partial charge on any atom is 0.246 e. The van der Waals surface area contributed by atoms with Crippen molar-refractivity contribution in [2.24, 2.45) is 23.3 Å². The number of aromatic hydroxyl groups is 1. The van der Waals surface area contributed by atoms with Gasteiger partial charge in [0.2, 0.25) is 70.9 Å². The van der Waals surface area contributed by atoms with Crippen molar-refractivity contribution in [1.82, 2.24) is 73.1 Å². The number of aromatic nitrogens is 3. The van der Waals surface area contributed by atoms with Crippen molar-refractivity contribution in [2.45, 2.75) is 203 Å². The van der Waals surface area contributed by atoms with Crippen LogP contribution in [-0.4, -0.2) is 216 Å². The number of nitrogens with one attached hydrogen (secondary N) is 10. The third kappa shape index (κ3) is 23.6. The topological polar surface area (TPSA) is 501 Å². The molecule has 0 radical (unpaired) electrons. The first-order valence-corrected chi connectivity index (χ1v) is 36.3. The Morgan fingerprint density at radius 1 is 0.565 bits per heavy atom. The normalized spacial score (nSPS) is 26.4. The van der Waals surface area contributed by atoms with Crippen LogP contribution in [0.4, 0.5) is 0 Å². The Bertz CT molecular complexity index is 3910. The van der Waals surface area contributed by atoms with Gasteiger partial charge in [0.15, 0.2) is 6.23 Å². The van der Waals surface area contributed by atoms with Crippen LogP contribution >= 0.6 is 0 Å². The first-order valence-electron chi connectivity index (χ1n) is 36.3. The molecule has 3 aliphatic heterocycles. The summed E-state index contributed by atoms with van der Waals surface area (Å²) in [6.07, 6.45) is -7.05. The highest BCUT2D eigenvalue weighted by molar-refractivity contribution is 6.00. The lowest BCUT2D eigenvalue weighted by molar-refractivity contribution is -0.219. The van der Waals surface area contributed by atoms with E-state index < -0.39 is 194 Å². The van der Waals surface area contributed by atoms with Gasteiger partial charge in [0.05, 0.1) is 18.5 Å². The minimum Gasteiger partial charge on any atom is -0.508 e. The number of rotatable bonds is 22. The third-order valence-electron chi connectivity index (χ3n) is 18.9. The van der Waals surface area contributed by atoms with E-state index in [2.05, 4.69) is 63.5 Å². The summed E-state index contributed by atoms with van der Waals surface area (Å²) >= 11 is 0. The highest BCUT2D eigenvalue weighted by atomic mass is 16.5. The Morgan fingerprint density at radius 3 is 1.51 bits per heavy atom. The molecule has 15 atom stereocenters. The highest BCUT2D eigenvalue weighted by Crippen LogP contribution is 2.29. The van der Waals surface area contributed by atoms with Crippen molar-refractivity contribution in [1.29, 1.82) is 0 Å². The molecule has 3 aliphatic rings.